The summed E-state index contributed by atoms with van der Waals surface area (Å²) < 4.78 is 12.5. The number of hydrogen-bond donors (Lipinski definition) is 0. The fraction of sp³-hybridized carbons (Fsp3) is 0.409. The topological polar surface area (TPSA) is 30.8 Å². The van der Waals surface area contributed by atoms with E-state index in [1.807, 2.05) is 6.07 Å². The van der Waals surface area contributed by atoms with Gasteiger partial charge in [-0.05, 0) is 50.4 Å². The molecule has 0 atom stereocenters. The molecule has 1 fully saturated rings. The van der Waals surface area contributed by atoms with Crippen LogP contribution in [-0.4, -0.2) is 24.0 Å². The molecule has 0 aromatic heterocycles. The van der Waals surface area contributed by atoms with Crippen LogP contribution in [0.1, 0.15) is 52.7 Å². The van der Waals surface area contributed by atoms with Crippen LogP contribution in [0.25, 0.3) is 0 Å². The maximum Gasteiger partial charge on any atom is 0.494 e. The van der Waals surface area contributed by atoms with E-state index in [2.05, 4.69) is 84.0 Å². The molecule has 2 aliphatic rings. The summed E-state index contributed by atoms with van der Waals surface area (Å²) in [7, 11) is -0.345. The molecular weight excluding hydrogens is 321 g/mol. The molecule has 0 N–H and O–H groups in total. The second-order valence-electron chi connectivity index (χ2n) is 8.82. The molecule has 2 aromatic rings. The summed E-state index contributed by atoms with van der Waals surface area (Å²) in [5.41, 5.74) is 4.77. The highest BCUT2D eigenvalue weighted by molar-refractivity contribution is 6.62. The number of fused-ring (bicyclic) bond motifs is 1. The van der Waals surface area contributed by atoms with Crippen molar-refractivity contribution in [2.24, 2.45) is 4.99 Å². The second kappa shape index (κ2) is 5.54. The number of nitrogens with zero attached hydrogens (tertiary/aromatic N) is 1. The average molecular weight is 347 g/mol. The Morgan fingerprint density at radius 3 is 2.04 bits per heavy atom. The fourth-order valence-electron chi connectivity index (χ4n) is 3.69. The van der Waals surface area contributed by atoms with Gasteiger partial charge in [-0.15, -0.1) is 0 Å². The molecule has 1 saturated heterocycles. The Labute approximate surface area is 156 Å². The number of aliphatic imine (C=N–C) groups is 1. The third kappa shape index (κ3) is 2.55. The largest absolute Gasteiger partial charge is 0.494 e. The van der Waals surface area contributed by atoms with Gasteiger partial charge in [-0.25, -0.2) is 0 Å². The van der Waals surface area contributed by atoms with Crippen molar-refractivity contribution in [1.82, 2.24) is 0 Å². The monoisotopic (exact) mass is 347 g/mol. The summed E-state index contributed by atoms with van der Waals surface area (Å²) in [4.78, 5) is 4.93. The maximum atomic E-state index is 6.23. The highest BCUT2D eigenvalue weighted by Crippen LogP contribution is 2.42. The van der Waals surface area contributed by atoms with Gasteiger partial charge in [0.1, 0.15) is 0 Å². The Balaban J connectivity index is 1.70. The lowest BCUT2D eigenvalue weighted by Crippen LogP contribution is -2.41. The van der Waals surface area contributed by atoms with Crippen molar-refractivity contribution in [3.63, 3.8) is 0 Å². The van der Waals surface area contributed by atoms with E-state index in [-0.39, 0.29) is 23.7 Å². The maximum absolute atomic E-state index is 6.23. The van der Waals surface area contributed by atoms with Crippen LogP contribution in [0.4, 0.5) is 5.69 Å². The molecule has 2 heterocycles. The lowest BCUT2D eigenvalue weighted by atomic mass is 9.73. The highest BCUT2D eigenvalue weighted by Gasteiger charge is 2.52. The third-order valence-corrected chi connectivity index (χ3v) is 6.09. The first kappa shape index (κ1) is 17.5. The summed E-state index contributed by atoms with van der Waals surface area (Å²) >= 11 is 0. The molecule has 0 aliphatic carbocycles. The predicted molar refractivity (Wildman–Crippen MR) is 108 cm³/mol. The Kier molecular flexibility index (Phi) is 3.73. The molecule has 2 aromatic carbocycles. The first-order chi connectivity index (χ1) is 12.1. The number of rotatable bonds is 2. The SMILES string of the molecule is CC1(C)C(c2ccccc2)=Nc2ccc(B3OC(C)(C)C(C)(C)O3)cc21. The molecular formula is C22H26BNO2. The minimum Gasteiger partial charge on any atom is -0.399 e. The van der Waals surface area contributed by atoms with Gasteiger partial charge in [-0.2, -0.15) is 0 Å². The van der Waals surface area contributed by atoms with Gasteiger partial charge in [-0.3, -0.25) is 4.99 Å². The third-order valence-electron chi connectivity index (χ3n) is 6.09. The standard InChI is InChI=1S/C22H26BNO2/c1-20(2)17-14-16(23-25-21(3,4)22(5,6)26-23)12-13-18(17)24-19(20)15-10-8-7-9-11-15/h7-14H,1-6H3. The zero-order chi connectivity index (χ0) is 18.7. The van der Waals surface area contributed by atoms with E-state index >= 15 is 0 Å². The van der Waals surface area contributed by atoms with Crippen molar-refractivity contribution in [3.8, 4) is 0 Å². The Morgan fingerprint density at radius 1 is 0.808 bits per heavy atom. The van der Waals surface area contributed by atoms with E-state index in [1.54, 1.807) is 0 Å². The summed E-state index contributed by atoms with van der Waals surface area (Å²) in [5.74, 6) is 0. The number of benzene rings is 2. The van der Waals surface area contributed by atoms with Crippen molar-refractivity contribution >= 4 is 24.0 Å². The van der Waals surface area contributed by atoms with Crippen LogP contribution < -0.4 is 5.46 Å². The van der Waals surface area contributed by atoms with Gasteiger partial charge in [0.2, 0.25) is 0 Å². The fourth-order valence-corrected chi connectivity index (χ4v) is 3.69. The molecule has 26 heavy (non-hydrogen) atoms. The van der Waals surface area contributed by atoms with Crippen LogP contribution >= 0.6 is 0 Å². The Bertz CT molecular complexity index is 868. The van der Waals surface area contributed by atoms with Crippen molar-refractivity contribution in [1.29, 1.82) is 0 Å². The summed E-state index contributed by atoms with van der Waals surface area (Å²) in [6.45, 7) is 12.8. The zero-order valence-corrected chi connectivity index (χ0v) is 16.5. The zero-order valence-electron chi connectivity index (χ0n) is 16.5. The molecule has 4 heteroatoms. The lowest BCUT2D eigenvalue weighted by molar-refractivity contribution is 0.00578. The van der Waals surface area contributed by atoms with Gasteiger partial charge in [0.15, 0.2) is 0 Å². The quantitative estimate of drug-likeness (QED) is 0.754. The molecule has 4 rings (SSSR count). The van der Waals surface area contributed by atoms with Crippen LogP contribution in [0.15, 0.2) is 53.5 Å². The molecule has 2 aliphatic heterocycles. The van der Waals surface area contributed by atoms with E-state index in [9.17, 15) is 0 Å². The second-order valence-corrected chi connectivity index (χ2v) is 8.82. The van der Waals surface area contributed by atoms with E-state index in [4.69, 9.17) is 14.3 Å². The molecule has 0 unspecified atom stereocenters. The van der Waals surface area contributed by atoms with Crippen LogP contribution in [0, 0.1) is 0 Å². The normalized spacial score (nSPS) is 22.2. The summed E-state index contributed by atoms with van der Waals surface area (Å²) in [6.07, 6.45) is 0. The van der Waals surface area contributed by atoms with Crippen molar-refractivity contribution in [2.75, 3.05) is 0 Å². The highest BCUT2D eigenvalue weighted by atomic mass is 16.7. The predicted octanol–water partition coefficient (Wildman–Crippen LogP) is 4.40. The summed E-state index contributed by atoms with van der Waals surface area (Å²) in [6, 6.07) is 16.8. The minimum absolute atomic E-state index is 0.156. The Morgan fingerprint density at radius 2 is 1.42 bits per heavy atom. The van der Waals surface area contributed by atoms with E-state index in [1.165, 1.54) is 11.1 Å². The van der Waals surface area contributed by atoms with Gasteiger partial charge >= 0.3 is 7.12 Å². The molecule has 0 saturated carbocycles. The smallest absolute Gasteiger partial charge is 0.399 e. The van der Waals surface area contributed by atoms with Gasteiger partial charge in [0, 0.05) is 5.41 Å². The van der Waals surface area contributed by atoms with Gasteiger partial charge < -0.3 is 9.31 Å². The van der Waals surface area contributed by atoms with E-state index in [0.717, 1.165) is 16.9 Å². The molecule has 3 nitrogen and oxygen atoms in total. The number of hydrogen-bond acceptors (Lipinski definition) is 3. The van der Waals surface area contributed by atoms with Crippen LogP contribution in [0.5, 0.6) is 0 Å². The van der Waals surface area contributed by atoms with Crippen LogP contribution in [0.3, 0.4) is 0 Å². The van der Waals surface area contributed by atoms with Gasteiger partial charge in [-0.1, -0.05) is 56.3 Å². The van der Waals surface area contributed by atoms with Crippen molar-refractivity contribution in [2.45, 2.75) is 58.2 Å². The van der Waals surface area contributed by atoms with Crippen LogP contribution in [0.2, 0.25) is 0 Å². The molecule has 134 valence electrons. The molecule has 0 amide bonds. The van der Waals surface area contributed by atoms with Gasteiger partial charge in [0.25, 0.3) is 0 Å². The molecule has 0 spiro atoms. The Hall–Kier alpha value is -1.91. The van der Waals surface area contributed by atoms with Crippen molar-refractivity contribution in [3.05, 3.63) is 59.7 Å². The van der Waals surface area contributed by atoms with Crippen LogP contribution in [-0.2, 0) is 14.7 Å². The lowest BCUT2D eigenvalue weighted by Gasteiger charge is -2.32. The average Bonchev–Trinajstić information content (AvgIpc) is 2.97. The van der Waals surface area contributed by atoms with Gasteiger partial charge in [0.05, 0.1) is 22.6 Å². The first-order valence-corrected chi connectivity index (χ1v) is 9.26. The van der Waals surface area contributed by atoms with E-state index < -0.39 is 0 Å². The van der Waals surface area contributed by atoms with E-state index in [0.29, 0.717) is 0 Å². The molecule has 0 radical (unpaired) electrons. The molecule has 0 bridgehead atoms. The summed E-state index contributed by atoms with van der Waals surface area (Å²) in [5, 5.41) is 0. The minimum atomic E-state index is -0.345. The first-order valence-electron chi connectivity index (χ1n) is 9.26. The van der Waals surface area contributed by atoms with Crippen molar-refractivity contribution < 1.29 is 9.31 Å².